The van der Waals surface area contributed by atoms with E-state index < -0.39 is 0 Å². The molecule has 1 aromatic heterocycles. The fraction of sp³-hybridized carbons (Fsp3) is 0.0909. The molecule has 2 rings (SSSR count). The summed E-state index contributed by atoms with van der Waals surface area (Å²) in [6, 6.07) is 11.1. The van der Waals surface area contributed by atoms with Gasteiger partial charge in [0.1, 0.15) is 17.5 Å². The molecule has 1 heterocycles. The topological polar surface area (TPSA) is 50.8 Å². The Morgan fingerprint density at radius 3 is 2.60 bits per heavy atom. The van der Waals surface area contributed by atoms with E-state index in [0.29, 0.717) is 5.69 Å². The number of nitriles is 1. The van der Waals surface area contributed by atoms with E-state index in [-0.39, 0.29) is 0 Å². The third kappa shape index (κ3) is 1.67. The van der Waals surface area contributed by atoms with Crippen LogP contribution in [0.5, 0.6) is 5.75 Å². The van der Waals surface area contributed by atoms with Gasteiger partial charge in [0.05, 0.1) is 19.0 Å². The second kappa shape index (κ2) is 3.84. The third-order valence-corrected chi connectivity index (χ3v) is 2.07. The summed E-state index contributed by atoms with van der Waals surface area (Å²) in [7, 11) is 1.61. The number of hydrogen-bond acceptors (Lipinski definition) is 3. The van der Waals surface area contributed by atoms with E-state index in [1.54, 1.807) is 24.1 Å². The minimum atomic E-state index is 0.514. The molecule has 15 heavy (non-hydrogen) atoms. The van der Waals surface area contributed by atoms with Gasteiger partial charge in [-0.1, -0.05) is 0 Å². The number of hydrogen-bond donors (Lipinski definition) is 0. The van der Waals surface area contributed by atoms with Gasteiger partial charge in [0, 0.05) is 0 Å². The smallest absolute Gasteiger partial charge is 0.144 e. The predicted octanol–water partition coefficient (Wildman–Crippen LogP) is 1.75. The molecule has 0 aliphatic carbocycles. The minimum absolute atomic E-state index is 0.514. The fourth-order valence-electron chi connectivity index (χ4n) is 1.32. The third-order valence-electron chi connectivity index (χ3n) is 2.07. The van der Waals surface area contributed by atoms with Gasteiger partial charge in [0.15, 0.2) is 0 Å². The summed E-state index contributed by atoms with van der Waals surface area (Å²) in [6.45, 7) is 0. The first kappa shape index (κ1) is 9.28. The highest BCUT2D eigenvalue weighted by Crippen LogP contribution is 2.15. The van der Waals surface area contributed by atoms with Crippen LogP contribution in [0.15, 0.2) is 36.5 Å². The molecule has 0 aliphatic rings. The zero-order chi connectivity index (χ0) is 10.7. The van der Waals surface area contributed by atoms with Crippen LogP contribution in [0.25, 0.3) is 5.69 Å². The molecule has 0 spiro atoms. The number of methoxy groups -OCH3 is 1. The van der Waals surface area contributed by atoms with Crippen LogP contribution in [0.4, 0.5) is 0 Å². The summed E-state index contributed by atoms with van der Waals surface area (Å²) in [5.41, 5.74) is 1.36. The van der Waals surface area contributed by atoms with Crippen LogP contribution in [0, 0.1) is 11.3 Å². The molecule has 0 radical (unpaired) electrons. The van der Waals surface area contributed by atoms with Gasteiger partial charge in [0.25, 0.3) is 0 Å². The summed E-state index contributed by atoms with van der Waals surface area (Å²) in [5, 5.41) is 12.9. The van der Waals surface area contributed by atoms with E-state index in [0.717, 1.165) is 11.4 Å². The monoisotopic (exact) mass is 199 g/mol. The lowest BCUT2D eigenvalue weighted by Crippen LogP contribution is -1.98. The lowest BCUT2D eigenvalue weighted by Gasteiger charge is -2.04. The van der Waals surface area contributed by atoms with Crippen molar-refractivity contribution in [3.05, 3.63) is 42.2 Å². The van der Waals surface area contributed by atoms with E-state index in [2.05, 4.69) is 11.2 Å². The van der Waals surface area contributed by atoms with Crippen molar-refractivity contribution >= 4 is 0 Å². The Labute approximate surface area is 87.3 Å². The number of aromatic nitrogens is 2. The minimum Gasteiger partial charge on any atom is -0.497 e. The molecular formula is C11H9N3O. The van der Waals surface area contributed by atoms with Crippen molar-refractivity contribution in [3.63, 3.8) is 0 Å². The Balaban J connectivity index is 2.42. The predicted molar refractivity (Wildman–Crippen MR) is 54.8 cm³/mol. The normalized spacial score (nSPS) is 9.60. The fourth-order valence-corrected chi connectivity index (χ4v) is 1.32. The molecule has 0 aliphatic heterocycles. The molecule has 2 aromatic rings. The molecule has 74 valence electrons. The number of benzene rings is 1. The standard InChI is InChI=1S/C11H9N3O/c1-15-11-4-2-9(3-5-11)14-10(8-12)6-7-13-14/h2-7H,1H3. The Bertz CT molecular complexity index is 493. The van der Waals surface area contributed by atoms with Gasteiger partial charge < -0.3 is 4.74 Å². The molecular weight excluding hydrogens is 190 g/mol. The molecule has 0 saturated carbocycles. The van der Waals surface area contributed by atoms with Crippen LogP contribution in [0.2, 0.25) is 0 Å². The van der Waals surface area contributed by atoms with Gasteiger partial charge in [-0.2, -0.15) is 10.4 Å². The number of nitrogens with zero attached hydrogens (tertiary/aromatic N) is 3. The van der Waals surface area contributed by atoms with Crippen LogP contribution in [0.3, 0.4) is 0 Å². The number of rotatable bonds is 2. The molecule has 0 bridgehead atoms. The summed E-state index contributed by atoms with van der Waals surface area (Å²) in [6.07, 6.45) is 1.60. The van der Waals surface area contributed by atoms with E-state index in [9.17, 15) is 0 Å². The highest BCUT2D eigenvalue weighted by Gasteiger charge is 2.03. The van der Waals surface area contributed by atoms with Crippen molar-refractivity contribution in [3.8, 4) is 17.5 Å². The molecule has 0 unspecified atom stereocenters. The van der Waals surface area contributed by atoms with Crippen LogP contribution in [-0.2, 0) is 0 Å². The second-order valence-corrected chi connectivity index (χ2v) is 2.94. The van der Waals surface area contributed by atoms with Gasteiger partial charge in [0.2, 0.25) is 0 Å². The lowest BCUT2D eigenvalue weighted by atomic mass is 10.3. The Kier molecular flexibility index (Phi) is 2.38. The lowest BCUT2D eigenvalue weighted by molar-refractivity contribution is 0.414. The van der Waals surface area contributed by atoms with Crippen molar-refractivity contribution < 1.29 is 4.74 Å². The van der Waals surface area contributed by atoms with Gasteiger partial charge >= 0.3 is 0 Å². The van der Waals surface area contributed by atoms with Crippen LogP contribution in [0.1, 0.15) is 5.69 Å². The second-order valence-electron chi connectivity index (χ2n) is 2.94. The van der Waals surface area contributed by atoms with Crippen LogP contribution in [-0.4, -0.2) is 16.9 Å². The van der Waals surface area contributed by atoms with Crippen molar-refractivity contribution in [2.24, 2.45) is 0 Å². The maximum atomic E-state index is 8.83. The Morgan fingerprint density at radius 1 is 1.27 bits per heavy atom. The van der Waals surface area contributed by atoms with E-state index in [1.165, 1.54) is 0 Å². The van der Waals surface area contributed by atoms with Crippen LogP contribution < -0.4 is 4.74 Å². The molecule has 0 fully saturated rings. The molecule has 1 aromatic carbocycles. The molecule has 4 heteroatoms. The van der Waals surface area contributed by atoms with Crippen LogP contribution >= 0.6 is 0 Å². The largest absolute Gasteiger partial charge is 0.497 e. The summed E-state index contributed by atoms with van der Waals surface area (Å²) < 4.78 is 6.63. The van der Waals surface area contributed by atoms with E-state index in [4.69, 9.17) is 10.00 Å². The Morgan fingerprint density at radius 2 is 2.00 bits per heavy atom. The average molecular weight is 199 g/mol. The van der Waals surface area contributed by atoms with Gasteiger partial charge in [-0.25, -0.2) is 4.68 Å². The zero-order valence-corrected chi connectivity index (χ0v) is 8.21. The van der Waals surface area contributed by atoms with Crippen molar-refractivity contribution in [2.45, 2.75) is 0 Å². The average Bonchev–Trinajstić information content (AvgIpc) is 2.77. The summed E-state index contributed by atoms with van der Waals surface area (Å²) >= 11 is 0. The highest BCUT2D eigenvalue weighted by molar-refractivity contribution is 5.39. The summed E-state index contributed by atoms with van der Waals surface area (Å²) in [4.78, 5) is 0. The first-order valence-corrected chi connectivity index (χ1v) is 4.43. The Hall–Kier alpha value is -2.28. The molecule has 4 nitrogen and oxygen atoms in total. The molecule has 0 atom stereocenters. The van der Waals surface area contributed by atoms with Gasteiger partial charge in [-0.3, -0.25) is 0 Å². The van der Waals surface area contributed by atoms with E-state index >= 15 is 0 Å². The maximum Gasteiger partial charge on any atom is 0.144 e. The van der Waals surface area contributed by atoms with Crippen molar-refractivity contribution in [1.29, 1.82) is 5.26 Å². The quantitative estimate of drug-likeness (QED) is 0.740. The van der Waals surface area contributed by atoms with Crippen molar-refractivity contribution in [1.82, 2.24) is 9.78 Å². The maximum absolute atomic E-state index is 8.83. The number of ether oxygens (including phenoxy) is 1. The first-order valence-electron chi connectivity index (χ1n) is 4.43. The molecule has 0 N–H and O–H groups in total. The van der Waals surface area contributed by atoms with Gasteiger partial charge in [-0.05, 0) is 30.3 Å². The molecule has 0 saturated heterocycles. The highest BCUT2D eigenvalue weighted by atomic mass is 16.5. The zero-order valence-electron chi connectivity index (χ0n) is 8.21. The van der Waals surface area contributed by atoms with E-state index in [1.807, 2.05) is 24.3 Å². The first-order chi connectivity index (χ1) is 7.35. The van der Waals surface area contributed by atoms with Gasteiger partial charge in [-0.15, -0.1) is 0 Å². The molecule has 0 amide bonds. The SMILES string of the molecule is COc1ccc(-n2nccc2C#N)cc1. The summed E-state index contributed by atoms with van der Waals surface area (Å²) in [5.74, 6) is 0.782. The van der Waals surface area contributed by atoms with Crippen molar-refractivity contribution in [2.75, 3.05) is 7.11 Å².